The molecule has 0 unspecified atom stereocenters. The molecule has 1 N–H and O–H groups in total. The lowest BCUT2D eigenvalue weighted by Gasteiger charge is -2.44. The number of nitrogens with zero attached hydrogens (tertiary/aromatic N) is 3. The van der Waals surface area contributed by atoms with E-state index in [1.807, 2.05) is 12.3 Å². The molecule has 0 saturated heterocycles. The molecule has 2 aliphatic rings. The fourth-order valence-corrected chi connectivity index (χ4v) is 3.20. The molecule has 98 valence electrons. The van der Waals surface area contributed by atoms with Gasteiger partial charge in [-0.3, -0.25) is 0 Å². The molecule has 18 heavy (non-hydrogen) atoms. The summed E-state index contributed by atoms with van der Waals surface area (Å²) >= 11 is 0. The van der Waals surface area contributed by atoms with E-state index in [4.69, 9.17) is 4.74 Å². The van der Waals surface area contributed by atoms with Crippen molar-refractivity contribution in [1.82, 2.24) is 15.0 Å². The largest absolute Gasteiger partial charge is 0.390 e. The standard InChI is InChI=1S/C13H19N3O2/c17-12-11(16-8-7-14-15-16)4-3-6-13(12)5-1-2-9-18-10-13/h1-2,7-8,11-12,17H,3-6,9-10H2/t11-,12+,13+/m1/s1. The van der Waals surface area contributed by atoms with Gasteiger partial charge in [0.05, 0.1) is 31.6 Å². The van der Waals surface area contributed by atoms with E-state index in [2.05, 4.69) is 16.4 Å². The number of ether oxygens (including phenoxy) is 1. The lowest BCUT2D eigenvalue weighted by Crippen LogP contribution is -2.47. The van der Waals surface area contributed by atoms with E-state index < -0.39 is 6.10 Å². The summed E-state index contributed by atoms with van der Waals surface area (Å²) in [5, 5.41) is 18.6. The third kappa shape index (κ3) is 1.97. The number of aromatic nitrogens is 3. The van der Waals surface area contributed by atoms with Crippen LogP contribution < -0.4 is 0 Å². The van der Waals surface area contributed by atoms with Crippen molar-refractivity contribution in [1.29, 1.82) is 0 Å². The van der Waals surface area contributed by atoms with E-state index in [1.165, 1.54) is 0 Å². The second-order valence-electron chi connectivity index (χ2n) is 5.34. The third-order valence-corrected chi connectivity index (χ3v) is 4.24. The number of aliphatic hydroxyl groups is 1. The summed E-state index contributed by atoms with van der Waals surface area (Å²) in [5.74, 6) is 0. The molecule has 1 aliphatic heterocycles. The second-order valence-corrected chi connectivity index (χ2v) is 5.34. The van der Waals surface area contributed by atoms with Gasteiger partial charge in [-0.15, -0.1) is 5.10 Å². The highest BCUT2D eigenvalue weighted by Gasteiger charge is 2.45. The van der Waals surface area contributed by atoms with E-state index >= 15 is 0 Å². The molecule has 1 aromatic rings. The van der Waals surface area contributed by atoms with Crippen LogP contribution in [0.3, 0.4) is 0 Å². The lowest BCUT2D eigenvalue weighted by atomic mass is 9.68. The van der Waals surface area contributed by atoms with E-state index in [1.54, 1.807) is 10.9 Å². The molecule has 1 aromatic heterocycles. The molecule has 1 fully saturated rings. The van der Waals surface area contributed by atoms with Crippen LogP contribution in [0.4, 0.5) is 0 Å². The Morgan fingerprint density at radius 3 is 3.17 bits per heavy atom. The molecule has 0 bridgehead atoms. The van der Waals surface area contributed by atoms with Crippen molar-refractivity contribution in [2.45, 2.75) is 37.8 Å². The summed E-state index contributed by atoms with van der Waals surface area (Å²) in [5.41, 5.74) is -0.151. The molecule has 1 saturated carbocycles. The zero-order valence-electron chi connectivity index (χ0n) is 10.4. The van der Waals surface area contributed by atoms with Gasteiger partial charge in [-0.25, -0.2) is 4.68 Å². The van der Waals surface area contributed by atoms with Crippen molar-refractivity contribution in [3.63, 3.8) is 0 Å². The van der Waals surface area contributed by atoms with Gasteiger partial charge in [0.15, 0.2) is 0 Å². The molecular weight excluding hydrogens is 230 g/mol. The van der Waals surface area contributed by atoms with Crippen molar-refractivity contribution in [3.8, 4) is 0 Å². The Morgan fingerprint density at radius 2 is 2.33 bits per heavy atom. The van der Waals surface area contributed by atoms with Gasteiger partial charge in [0, 0.05) is 11.6 Å². The van der Waals surface area contributed by atoms with Gasteiger partial charge in [0.2, 0.25) is 0 Å². The van der Waals surface area contributed by atoms with Gasteiger partial charge < -0.3 is 9.84 Å². The first-order valence-electron chi connectivity index (χ1n) is 6.58. The van der Waals surface area contributed by atoms with Crippen LogP contribution >= 0.6 is 0 Å². The van der Waals surface area contributed by atoms with E-state index in [9.17, 15) is 5.11 Å². The molecular formula is C13H19N3O2. The van der Waals surface area contributed by atoms with Gasteiger partial charge >= 0.3 is 0 Å². The molecule has 2 heterocycles. The van der Waals surface area contributed by atoms with Gasteiger partial charge in [0.1, 0.15) is 0 Å². The van der Waals surface area contributed by atoms with Crippen LogP contribution in [0, 0.1) is 5.41 Å². The molecule has 1 aliphatic carbocycles. The number of hydrogen-bond donors (Lipinski definition) is 1. The fraction of sp³-hybridized carbons (Fsp3) is 0.692. The van der Waals surface area contributed by atoms with Crippen LogP contribution in [-0.4, -0.2) is 39.4 Å². The van der Waals surface area contributed by atoms with Crippen molar-refractivity contribution >= 4 is 0 Å². The first-order chi connectivity index (χ1) is 8.82. The Balaban J connectivity index is 1.85. The van der Waals surface area contributed by atoms with Crippen LogP contribution in [0.5, 0.6) is 0 Å². The smallest absolute Gasteiger partial charge is 0.0845 e. The van der Waals surface area contributed by atoms with Crippen molar-refractivity contribution in [2.24, 2.45) is 5.41 Å². The summed E-state index contributed by atoms with van der Waals surface area (Å²) in [6.07, 6.45) is 11.2. The molecule has 0 radical (unpaired) electrons. The normalized spacial score (nSPS) is 36.7. The number of allylic oxidation sites excluding steroid dienone is 1. The lowest BCUT2D eigenvalue weighted by molar-refractivity contribution is -0.0875. The summed E-state index contributed by atoms with van der Waals surface area (Å²) in [6.45, 7) is 1.29. The van der Waals surface area contributed by atoms with Crippen molar-refractivity contribution in [2.75, 3.05) is 13.2 Å². The van der Waals surface area contributed by atoms with Crippen LogP contribution in [0.25, 0.3) is 0 Å². The number of rotatable bonds is 1. The minimum atomic E-state index is -0.421. The highest BCUT2D eigenvalue weighted by Crippen LogP contribution is 2.45. The Hall–Kier alpha value is -1.20. The quantitative estimate of drug-likeness (QED) is 0.763. The highest BCUT2D eigenvalue weighted by atomic mass is 16.5. The first-order valence-corrected chi connectivity index (χ1v) is 6.58. The molecule has 5 heteroatoms. The van der Waals surface area contributed by atoms with Crippen LogP contribution in [0.1, 0.15) is 31.7 Å². The SMILES string of the molecule is O[C@H]1[C@H](n2ccnn2)CCC[C@]12CC=CCOC2. The zero-order valence-corrected chi connectivity index (χ0v) is 10.4. The topological polar surface area (TPSA) is 60.2 Å². The average Bonchev–Trinajstić information content (AvgIpc) is 2.81. The maximum Gasteiger partial charge on any atom is 0.0845 e. The maximum absolute atomic E-state index is 10.7. The molecule has 0 amide bonds. The van der Waals surface area contributed by atoms with Crippen molar-refractivity contribution in [3.05, 3.63) is 24.5 Å². The Bertz CT molecular complexity index is 418. The summed E-state index contributed by atoms with van der Waals surface area (Å²) in [7, 11) is 0. The van der Waals surface area contributed by atoms with Gasteiger partial charge in [-0.2, -0.15) is 0 Å². The predicted molar refractivity (Wildman–Crippen MR) is 65.9 cm³/mol. The van der Waals surface area contributed by atoms with Gasteiger partial charge in [-0.1, -0.05) is 23.8 Å². The third-order valence-electron chi connectivity index (χ3n) is 4.24. The summed E-state index contributed by atoms with van der Waals surface area (Å²) in [4.78, 5) is 0. The van der Waals surface area contributed by atoms with Crippen LogP contribution in [0.2, 0.25) is 0 Å². The van der Waals surface area contributed by atoms with Gasteiger partial charge in [0.25, 0.3) is 0 Å². The first kappa shape index (κ1) is 11.9. The number of aliphatic hydroxyl groups excluding tert-OH is 1. The Morgan fingerprint density at radius 1 is 1.39 bits per heavy atom. The minimum absolute atomic E-state index is 0.0244. The monoisotopic (exact) mass is 249 g/mol. The van der Waals surface area contributed by atoms with Crippen LogP contribution in [-0.2, 0) is 4.74 Å². The van der Waals surface area contributed by atoms with Crippen molar-refractivity contribution < 1.29 is 9.84 Å². The number of hydrogen-bond acceptors (Lipinski definition) is 4. The molecule has 1 spiro atoms. The minimum Gasteiger partial charge on any atom is -0.390 e. The van der Waals surface area contributed by atoms with Crippen LogP contribution in [0.15, 0.2) is 24.5 Å². The molecule has 3 atom stereocenters. The van der Waals surface area contributed by atoms with E-state index in [0.717, 1.165) is 25.7 Å². The van der Waals surface area contributed by atoms with E-state index in [-0.39, 0.29) is 11.5 Å². The maximum atomic E-state index is 10.7. The zero-order chi connectivity index (χ0) is 12.4. The summed E-state index contributed by atoms with van der Waals surface area (Å²) < 4.78 is 7.42. The van der Waals surface area contributed by atoms with E-state index in [0.29, 0.717) is 13.2 Å². The molecule has 0 aromatic carbocycles. The highest BCUT2D eigenvalue weighted by molar-refractivity contribution is 5.02. The molecule has 5 nitrogen and oxygen atoms in total. The summed E-state index contributed by atoms with van der Waals surface area (Å²) in [6, 6.07) is 0.0244. The fourth-order valence-electron chi connectivity index (χ4n) is 3.20. The predicted octanol–water partition coefficient (Wildman–Crippen LogP) is 1.33. The Kier molecular flexibility index (Phi) is 3.18. The molecule has 3 rings (SSSR count). The van der Waals surface area contributed by atoms with Gasteiger partial charge in [-0.05, 0) is 19.3 Å². The Labute approximate surface area is 106 Å². The second kappa shape index (κ2) is 4.82. The average molecular weight is 249 g/mol.